The van der Waals surface area contributed by atoms with Gasteiger partial charge in [0.25, 0.3) is 11.8 Å². The molecule has 1 aliphatic heterocycles. The summed E-state index contributed by atoms with van der Waals surface area (Å²) in [6.07, 6.45) is 1.59. The number of carbonyl (C=O) groups is 2. The zero-order valence-electron chi connectivity index (χ0n) is 11.6. The third kappa shape index (κ3) is 2.71. The van der Waals surface area contributed by atoms with Gasteiger partial charge in [-0.25, -0.2) is 0 Å². The molecule has 0 spiro atoms. The largest absolute Gasteiger partial charge is 0.454 e. The first-order valence-corrected chi connectivity index (χ1v) is 6.74. The van der Waals surface area contributed by atoms with Crippen LogP contribution >= 0.6 is 11.6 Å². The minimum atomic E-state index is -0.469. The van der Waals surface area contributed by atoms with E-state index in [0.717, 1.165) is 0 Å². The lowest BCUT2D eigenvalue weighted by Crippen LogP contribution is -2.42. The minimum absolute atomic E-state index is 0.130. The number of carbonyl (C=O) groups excluding carboxylic acids is 2. The molecular formula is C14H12ClN3O4. The third-order valence-electron chi connectivity index (χ3n) is 3.13. The zero-order valence-corrected chi connectivity index (χ0v) is 12.3. The third-order valence-corrected chi connectivity index (χ3v) is 3.34. The van der Waals surface area contributed by atoms with Crippen molar-refractivity contribution in [2.75, 3.05) is 6.79 Å². The average molecular weight is 322 g/mol. The summed E-state index contributed by atoms with van der Waals surface area (Å²) in [5, 5.41) is 0.440. The molecule has 2 heterocycles. The minimum Gasteiger partial charge on any atom is -0.454 e. The van der Waals surface area contributed by atoms with Crippen LogP contribution in [0.25, 0.3) is 0 Å². The Hall–Kier alpha value is -2.67. The number of halogens is 1. The maximum Gasteiger partial charge on any atom is 0.286 e. The van der Waals surface area contributed by atoms with Crippen molar-refractivity contribution in [3.05, 3.63) is 46.7 Å². The number of hydrogen-bond acceptors (Lipinski definition) is 4. The summed E-state index contributed by atoms with van der Waals surface area (Å²) in [5.74, 6) is 0.141. The number of rotatable bonds is 2. The molecule has 7 nitrogen and oxygen atoms in total. The molecule has 0 unspecified atom stereocenters. The highest BCUT2D eigenvalue weighted by Gasteiger charge is 2.17. The van der Waals surface area contributed by atoms with Crippen molar-refractivity contribution in [2.45, 2.75) is 0 Å². The fourth-order valence-corrected chi connectivity index (χ4v) is 2.29. The molecule has 114 valence electrons. The summed E-state index contributed by atoms with van der Waals surface area (Å²) >= 11 is 5.81. The lowest BCUT2D eigenvalue weighted by Gasteiger charge is -2.08. The highest BCUT2D eigenvalue weighted by Crippen LogP contribution is 2.32. The number of ether oxygens (including phenoxy) is 2. The van der Waals surface area contributed by atoms with Gasteiger partial charge in [0.1, 0.15) is 5.69 Å². The second kappa shape index (κ2) is 5.61. The predicted octanol–water partition coefficient (Wildman–Crippen LogP) is 1.48. The van der Waals surface area contributed by atoms with E-state index in [-0.39, 0.29) is 6.79 Å². The summed E-state index contributed by atoms with van der Waals surface area (Å²) in [6.45, 7) is 0.130. The number of hydrazine groups is 1. The highest BCUT2D eigenvalue weighted by molar-refractivity contribution is 6.31. The lowest BCUT2D eigenvalue weighted by molar-refractivity contribution is 0.0842. The van der Waals surface area contributed by atoms with Crippen molar-refractivity contribution in [2.24, 2.45) is 7.05 Å². The van der Waals surface area contributed by atoms with Gasteiger partial charge in [0.15, 0.2) is 11.5 Å². The molecule has 0 atom stereocenters. The molecule has 1 aromatic carbocycles. The van der Waals surface area contributed by atoms with E-state index in [1.165, 1.54) is 6.07 Å². The predicted molar refractivity (Wildman–Crippen MR) is 77.9 cm³/mol. The molecule has 2 N–H and O–H groups in total. The van der Waals surface area contributed by atoms with Crippen LogP contribution in [0.2, 0.25) is 5.02 Å². The van der Waals surface area contributed by atoms with E-state index in [1.807, 2.05) is 0 Å². The fourth-order valence-electron chi connectivity index (χ4n) is 2.04. The molecule has 0 radical (unpaired) electrons. The second-order valence-electron chi connectivity index (χ2n) is 4.63. The molecular weight excluding hydrogens is 310 g/mol. The van der Waals surface area contributed by atoms with E-state index < -0.39 is 11.8 Å². The van der Waals surface area contributed by atoms with Crippen molar-refractivity contribution >= 4 is 23.4 Å². The second-order valence-corrected chi connectivity index (χ2v) is 5.07. The van der Waals surface area contributed by atoms with Crippen LogP contribution in [0.1, 0.15) is 20.8 Å². The molecule has 8 heteroatoms. The SMILES string of the molecule is Cn1cc(Cl)cc1C(=O)NNC(=O)c1ccc2c(c1)OCO2. The number of nitrogens with zero attached hydrogens (tertiary/aromatic N) is 1. The van der Waals surface area contributed by atoms with Gasteiger partial charge in [0.05, 0.1) is 5.02 Å². The van der Waals surface area contributed by atoms with Crippen molar-refractivity contribution < 1.29 is 19.1 Å². The summed E-state index contributed by atoms with van der Waals surface area (Å²) < 4.78 is 11.9. The van der Waals surface area contributed by atoms with Gasteiger partial charge >= 0.3 is 0 Å². The first kappa shape index (κ1) is 14.3. The van der Waals surface area contributed by atoms with E-state index >= 15 is 0 Å². The number of aromatic nitrogens is 1. The van der Waals surface area contributed by atoms with Crippen LogP contribution in [-0.2, 0) is 7.05 Å². The maximum atomic E-state index is 12.0. The van der Waals surface area contributed by atoms with Crippen molar-refractivity contribution in [1.82, 2.24) is 15.4 Å². The summed E-state index contributed by atoms with van der Waals surface area (Å²) in [5.41, 5.74) is 5.33. The van der Waals surface area contributed by atoms with E-state index in [4.69, 9.17) is 21.1 Å². The molecule has 0 aliphatic carbocycles. The quantitative estimate of drug-likeness (QED) is 0.821. The molecule has 1 aliphatic rings. The number of hydrogen-bond donors (Lipinski definition) is 2. The van der Waals surface area contributed by atoms with Gasteiger partial charge in [-0.2, -0.15) is 0 Å². The van der Waals surface area contributed by atoms with Crippen LogP contribution < -0.4 is 20.3 Å². The van der Waals surface area contributed by atoms with Crippen molar-refractivity contribution in [1.29, 1.82) is 0 Å². The number of amides is 2. The van der Waals surface area contributed by atoms with Crippen LogP contribution in [0.15, 0.2) is 30.5 Å². The van der Waals surface area contributed by atoms with Crippen LogP contribution in [0, 0.1) is 0 Å². The van der Waals surface area contributed by atoms with Crippen LogP contribution in [-0.4, -0.2) is 23.2 Å². The van der Waals surface area contributed by atoms with E-state index in [1.54, 1.807) is 36.0 Å². The standard InChI is InChI=1S/C14H12ClN3O4/c1-18-6-9(15)5-10(18)14(20)17-16-13(19)8-2-3-11-12(4-8)22-7-21-11/h2-6H,7H2,1H3,(H,16,19)(H,17,20). The van der Waals surface area contributed by atoms with Crippen LogP contribution in [0.4, 0.5) is 0 Å². The molecule has 0 saturated heterocycles. The molecule has 0 fully saturated rings. The van der Waals surface area contributed by atoms with Gasteiger partial charge in [-0.1, -0.05) is 11.6 Å². The molecule has 2 amide bonds. The number of benzene rings is 1. The lowest BCUT2D eigenvalue weighted by atomic mass is 10.2. The molecule has 2 aromatic rings. The van der Waals surface area contributed by atoms with Crippen molar-refractivity contribution in [3.63, 3.8) is 0 Å². The fraction of sp³-hybridized carbons (Fsp3) is 0.143. The Bertz CT molecular complexity index is 757. The Morgan fingerprint density at radius 2 is 1.86 bits per heavy atom. The average Bonchev–Trinajstić information content (AvgIpc) is 3.09. The smallest absolute Gasteiger partial charge is 0.286 e. The van der Waals surface area contributed by atoms with Crippen LogP contribution in [0.3, 0.4) is 0 Å². The Balaban J connectivity index is 1.65. The van der Waals surface area contributed by atoms with Gasteiger partial charge in [-0.05, 0) is 24.3 Å². The zero-order chi connectivity index (χ0) is 15.7. The van der Waals surface area contributed by atoms with Crippen molar-refractivity contribution in [3.8, 4) is 11.5 Å². The number of fused-ring (bicyclic) bond motifs is 1. The Morgan fingerprint density at radius 3 is 2.59 bits per heavy atom. The van der Waals surface area contributed by atoms with Gasteiger partial charge in [-0.3, -0.25) is 20.4 Å². The Kier molecular flexibility index (Phi) is 3.64. The molecule has 0 saturated carbocycles. The highest BCUT2D eigenvalue weighted by atomic mass is 35.5. The van der Waals surface area contributed by atoms with Gasteiger partial charge in [0.2, 0.25) is 6.79 Å². The summed E-state index contributed by atoms with van der Waals surface area (Å²) in [6, 6.07) is 6.26. The molecule has 0 bridgehead atoms. The Morgan fingerprint density at radius 1 is 1.14 bits per heavy atom. The normalized spacial score (nSPS) is 12.1. The molecule has 22 heavy (non-hydrogen) atoms. The van der Waals surface area contributed by atoms with Gasteiger partial charge in [0, 0.05) is 18.8 Å². The van der Waals surface area contributed by atoms with E-state index in [2.05, 4.69) is 10.9 Å². The summed E-state index contributed by atoms with van der Waals surface area (Å²) in [7, 11) is 1.68. The Labute approximate surface area is 130 Å². The molecule has 1 aromatic heterocycles. The monoisotopic (exact) mass is 321 g/mol. The van der Waals surface area contributed by atoms with Gasteiger partial charge < -0.3 is 14.0 Å². The topological polar surface area (TPSA) is 81.6 Å². The molecule has 3 rings (SSSR count). The number of aryl methyl sites for hydroxylation is 1. The van der Waals surface area contributed by atoms with Crippen LogP contribution in [0.5, 0.6) is 11.5 Å². The van der Waals surface area contributed by atoms with E-state index in [9.17, 15) is 9.59 Å². The first-order valence-electron chi connectivity index (χ1n) is 6.37. The number of nitrogens with one attached hydrogen (secondary N) is 2. The first-order chi connectivity index (χ1) is 10.5. The van der Waals surface area contributed by atoms with Gasteiger partial charge in [-0.15, -0.1) is 0 Å². The van der Waals surface area contributed by atoms with E-state index in [0.29, 0.717) is 27.8 Å². The summed E-state index contributed by atoms with van der Waals surface area (Å²) in [4.78, 5) is 24.0. The maximum absolute atomic E-state index is 12.0.